The second-order valence-corrected chi connectivity index (χ2v) is 4.08. The average Bonchev–Trinajstić information content (AvgIpc) is 2.38. The van der Waals surface area contributed by atoms with E-state index >= 15 is 0 Å². The second-order valence-electron chi connectivity index (χ2n) is 4.08. The highest BCUT2D eigenvalue weighted by Crippen LogP contribution is 2.24. The lowest BCUT2D eigenvalue weighted by atomic mass is 9.94. The van der Waals surface area contributed by atoms with Gasteiger partial charge in [-0.25, -0.2) is 4.79 Å². The molecule has 7 heteroatoms. The van der Waals surface area contributed by atoms with Gasteiger partial charge in [0, 0.05) is 11.5 Å². The summed E-state index contributed by atoms with van der Waals surface area (Å²) in [6.45, 7) is 1.63. The molecular weight excluding hydrogens is 250 g/mol. The van der Waals surface area contributed by atoms with Crippen molar-refractivity contribution in [2.75, 3.05) is 6.54 Å². The van der Waals surface area contributed by atoms with Crippen LogP contribution in [0.4, 0.5) is 0 Å². The molecule has 2 atom stereocenters. The first-order valence-electron chi connectivity index (χ1n) is 5.68. The average molecular weight is 265 g/mol. The molecule has 1 aromatic rings. The Morgan fingerprint density at radius 1 is 1.47 bits per heavy atom. The normalized spacial score (nSPS) is 13.4. The van der Waals surface area contributed by atoms with E-state index in [0.717, 1.165) is 0 Å². The highest BCUT2D eigenvalue weighted by molar-refractivity contribution is 5.89. The van der Waals surface area contributed by atoms with E-state index in [1.54, 1.807) is 13.0 Å². The van der Waals surface area contributed by atoms with Crippen LogP contribution in [0.1, 0.15) is 34.0 Å². The maximum atomic E-state index is 11.0. The third kappa shape index (κ3) is 3.69. The Bertz CT molecular complexity index is 512. The number of azide groups is 1. The predicted octanol–water partition coefficient (Wildman–Crippen LogP) is 1.79. The number of aromatic carboxylic acids is 1. The number of hydrogen-bond acceptors (Lipinski definition) is 4. The molecule has 102 valence electrons. The number of aliphatic hydroxyl groups excluding tert-OH is 2. The second kappa shape index (κ2) is 6.75. The minimum Gasteiger partial charge on any atom is -0.478 e. The number of benzene rings is 1. The maximum absolute atomic E-state index is 11.0. The van der Waals surface area contributed by atoms with Gasteiger partial charge in [-0.05, 0) is 36.1 Å². The smallest absolute Gasteiger partial charge is 0.335 e. The van der Waals surface area contributed by atoms with Gasteiger partial charge in [0.25, 0.3) is 0 Å². The molecule has 19 heavy (non-hydrogen) atoms. The topological polar surface area (TPSA) is 127 Å². The van der Waals surface area contributed by atoms with Gasteiger partial charge < -0.3 is 15.3 Å². The summed E-state index contributed by atoms with van der Waals surface area (Å²) in [5.41, 5.74) is 8.97. The molecule has 0 aliphatic heterocycles. The molecule has 0 spiro atoms. The molecule has 0 amide bonds. The van der Waals surface area contributed by atoms with E-state index in [4.69, 9.17) is 10.6 Å². The van der Waals surface area contributed by atoms with Crippen LogP contribution in [0.2, 0.25) is 0 Å². The first kappa shape index (κ1) is 15.0. The SMILES string of the molecule is Cc1c(C(=O)O)cccc1C(O)C(O)CCN=[N+]=[N-]. The molecule has 3 N–H and O–H groups in total. The van der Waals surface area contributed by atoms with Crippen LogP contribution in [-0.2, 0) is 0 Å². The van der Waals surface area contributed by atoms with E-state index < -0.39 is 18.2 Å². The largest absolute Gasteiger partial charge is 0.478 e. The summed E-state index contributed by atoms with van der Waals surface area (Å²) in [6, 6.07) is 4.50. The number of carbonyl (C=O) groups is 1. The molecule has 0 radical (unpaired) electrons. The summed E-state index contributed by atoms with van der Waals surface area (Å²) in [5, 5.41) is 32.0. The Labute approximate surface area is 109 Å². The summed E-state index contributed by atoms with van der Waals surface area (Å²) in [5.74, 6) is -1.09. The van der Waals surface area contributed by atoms with E-state index in [-0.39, 0.29) is 18.5 Å². The molecule has 2 unspecified atom stereocenters. The Kier molecular flexibility index (Phi) is 5.32. The molecule has 0 aliphatic carbocycles. The van der Waals surface area contributed by atoms with E-state index in [2.05, 4.69) is 10.0 Å². The molecule has 0 fully saturated rings. The standard InChI is InChI=1S/C12H15N3O4/c1-7-8(3-2-4-9(7)12(18)19)11(17)10(16)5-6-14-15-13/h2-4,10-11,16-17H,5-6H2,1H3,(H,18,19). The van der Waals surface area contributed by atoms with Crippen molar-refractivity contribution in [1.82, 2.24) is 0 Å². The lowest BCUT2D eigenvalue weighted by molar-refractivity contribution is 0.0146. The van der Waals surface area contributed by atoms with Crippen LogP contribution in [0, 0.1) is 6.92 Å². The monoisotopic (exact) mass is 265 g/mol. The fourth-order valence-electron chi connectivity index (χ4n) is 1.81. The van der Waals surface area contributed by atoms with Gasteiger partial charge in [0.2, 0.25) is 0 Å². The van der Waals surface area contributed by atoms with Crippen molar-refractivity contribution in [3.63, 3.8) is 0 Å². The van der Waals surface area contributed by atoms with Gasteiger partial charge in [0.1, 0.15) is 6.10 Å². The van der Waals surface area contributed by atoms with Crippen LogP contribution in [0.15, 0.2) is 23.3 Å². The minimum atomic E-state index is -1.21. The molecule has 0 saturated heterocycles. The lowest BCUT2D eigenvalue weighted by Gasteiger charge is -2.20. The van der Waals surface area contributed by atoms with Gasteiger partial charge in [0.15, 0.2) is 0 Å². The predicted molar refractivity (Wildman–Crippen MR) is 67.7 cm³/mol. The van der Waals surface area contributed by atoms with Gasteiger partial charge in [0.05, 0.1) is 11.7 Å². The zero-order valence-corrected chi connectivity index (χ0v) is 10.4. The molecule has 1 rings (SSSR count). The highest BCUT2D eigenvalue weighted by atomic mass is 16.4. The summed E-state index contributed by atoms with van der Waals surface area (Å²) in [4.78, 5) is 13.5. The van der Waals surface area contributed by atoms with Gasteiger partial charge in [-0.2, -0.15) is 0 Å². The summed E-state index contributed by atoms with van der Waals surface area (Å²) in [7, 11) is 0. The number of rotatable bonds is 6. The molecule has 7 nitrogen and oxygen atoms in total. The highest BCUT2D eigenvalue weighted by Gasteiger charge is 2.21. The van der Waals surface area contributed by atoms with Gasteiger partial charge in [-0.1, -0.05) is 17.2 Å². The number of aliphatic hydroxyl groups is 2. The molecule has 1 aromatic carbocycles. The molecule has 0 bridgehead atoms. The zero-order chi connectivity index (χ0) is 14.4. The van der Waals surface area contributed by atoms with E-state index in [0.29, 0.717) is 11.1 Å². The molecule has 0 aliphatic rings. The van der Waals surface area contributed by atoms with Crippen molar-refractivity contribution in [2.24, 2.45) is 5.11 Å². The third-order valence-electron chi connectivity index (χ3n) is 2.88. The van der Waals surface area contributed by atoms with Crippen molar-refractivity contribution >= 4 is 5.97 Å². The van der Waals surface area contributed by atoms with Crippen LogP contribution in [0.25, 0.3) is 10.4 Å². The van der Waals surface area contributed by atoms with E-state index in [1.165, 1.54) is 12.1 Å². The van der Waals surface area contributed by atoms with Crippen molar-refractivity contribution < 1.29 is 20.1 Å². The van der Waals surface area contributed by atoms with Gasteiger partial charge >= 0.3 is 5.97 Å². The van der Waals surface area contributed by atoms with E-state index in [1.807, 2.05) is 0 Å². The summed E-state index contributed by atoms with van der Waals surface area (Å²) in [6.07, 6.45) is -2.23. The van der Waals surface area contributed by atoms with Crippen molar-refractivity contribution in [3.05, 3.63) is 45.3 Å². The first-order chi connectivity index (χ1) is 8.99. The first-order valence-corrected chi connectivity index (χ1v) is 5.68. The Hall–Kier alpha value is -2.08. The van der Waals surface area contributed by atoms with E-state index in [9.17, 15) is 15.0 Å². The molecule has 0 aromatic heterocycles. The Morgan fingerprint density at radius 3 is 2.74 bits per heavy atom. The molecule has 0 saturated carbocycles. The zero-order valence-electron chi connectivity index (χ0n) is 10.4. The maximum Gasteiger partial charge on any atom is 0.335 e. The number of nitrogens with zero attached hydrogens (tertiary/aromatic N) is 3. The molecular formula is C12H15N3O4. The van der Waals surface area contributed by atoms with Crippen LogP contribution in [-0.4, -0.2) is 33.9 Å². The lowest BCUT2D eigenvalue weighted by Crippen LogP contribution is -2.20. The summed E-state index contributed by atoms with van der Waals surface area (Å²) < 4.78 is 0. The number of carboxylic acids is 1. The minimum absolute atomic E-state index is 0.0619. The fourth-order valence-corrected chi connectivity index (χ4v) is 1.81. The van der Waals surface area contributed by atoms with Crippen LogP contribution in [0.3, 0.4) is 0 Å². The van der Waals surface area contributed by atoms with Crippen LogP contribution in [0.5, 0.6) is 0 Å². The molecule has 0 heterocycles. The van der Waals surface area contributed by atoms with Crippen LogP contribution >= 0.6 is 0 Å². The van der Waals surface area contributed by atoms with Gasteiger partial charge in [-0.15, -0.1) is 0 Å². The Balaban J connectivity index is 2.93. The Morgan fingerprint density at radius 2 is 2.16 bits per heavy atom. The quantitative estimate of drug-likeness (QED) is 0.411. The van der Waals surface area contributed by atoms with Crippen molar-refractivity contribution in [1.29, 1.82) is 0 Å². The number of carboxylic acid groups (broad SMARTS) is 1. The summed E-state index contributed by atoms with van der Waals surface area (Å²) >= 11 is 0. The number of hydrogen-bond donors (Lipinski definition) is 3. The third-order valence-corrected chi connectivity index (χ3v) is 2.88. The van der Waals surface area contributed by atoms with Crippen molar-refractivity contribution in [3.8, 4) is 0 Å². The fraction of sp³-hybridized carbons (Fsp3) is 0.417. The van der Waals surface area contributed by atoms with Crippen molar-refractivity contribution in [2.45, 2.75) is 25.6 Å². The van der Waals surface area contributed by atoms with Crippen LogP contribution < -0.4 is 0 Å². The van der Waals surface area contributed by atoms with Gasteiger partial charge in [-0.3, -0.25) is 0 Å².